The molecule has 2 unspecified atom stereocenters. The first-order valence-corrected chi connectivity index (χ1v) is 18.2. The van der Waals surface area contributed by atoms with Gasteiger partial charge in [-0.2, -0.15) is 0 Å². The number of benzene rings is 2. The topological polar surface area (TPSA) is 211 Å². The lowest BCUT2D eigenvalue weighted by Gasteiger charge is -2.37. The van der Waals surface area contributed by atoms with Crippen molar-refractivity contribution in [2.24, 2.45) is 14.1 Å². The van der Waals surface area contributed by atoms with E-state index in [-0.39, 0.29) is 36.6 Å². The summed E-state index contributed by atoms with van der Waals surface area (Å²) in [5.74, 6) is -0.113. The Bertz CT molecular complexity index is 2780. The van der Waals surface area contributed by atoms with Crippen molar-refractivity contribution in [3.8, 4) is 22.4 Å². The number of rotatable bonds is 11. The Labute approximate surface area is 329 Å². The number of aliphatic hydroxyl groups excluding tert-OH is 2. The Morgan fingerprint density at radius 2 is 1.55 bits per heavy atom. The number of pyridine rings is 2. The van der Waals surface area contributed by atoms with Gasteiger partial charge >= 0.3 is 11.7 Å². The highest BCUT2D eigenvalue weighted by atomic mass is 16.3. The lowest BCUT2D eigenvalue weighted by molar-refractivity contribution is -0.116. The molecular formula is C40H38N12O6. The molecule has 18 nitrogen and oxygen atoms in total. The van der Waals surface area contributed by atoms with Crippen molar-refractivity contribution in [1.82, 2.24) is 43.1 Å². The van der Waals surface area contributed by atoms with Crippen molar-refractivity contribution >= 4 is 40.3 Å². The van der Waals surface area contributed by atoms with Crippen LogP contribution in [-0.4, -0.2) is 78.5 Å². The summed E-state index contributed by atoms with van der Waals surface area (Å²) in [7, 11) is 4.45. The molecule has 4 N–H and O–H groups in total. The van der Waals surface area contributed by atoms with Gasteiger partial charge in [0.2, 0.25) is 5.91 Å². The quantitative estimate of drug-likeness (QED) is 0.140. The molecule has 2 atom stereocenters. The molecule has 0 fully saturated rings. The normalized spacial score (nSPS) is 14.4. The lowest BCUT2D eigenvalue weighted by Crippen LogP contribution is -2.48. The van der Waals surface area contributed by atoms with Crippen LogP contribution in [0.2, 0.25) is 0 Å². The van der Waals surface area contributed by atoms with Crippen LogP contribution in [0.15, 0.2) is 114 Å². The number of aryl methyl sites for hydroxylation is 1. The average Bonchev–Trinajstić information content (AvgIpc) is 3.85. The smallest absolute Gasteiger partial charge is 0.332 e. The van der Waals surface area contributed by atoms with Gasteiger partial charge in [-0.25, -0.2) is 19.6 Å². The molecule has 6 heterocycles. The maximum atomic E-state index is 13.5. The van der Waals surface area contributed by atoms with E-state index in [1.807, 2.05) is 60.7 Å². The third-order valence-corrected chi connectivity index (χ3v) is 9.98. The van der Waals surface area contributed by atoms with E-state index >= 15 is 0 Å². The Morgan fingerprint density at radius 3 is 2.29 bits per heavy atom. The summed E-state index contributed by atoms with van der Waals surface area (Å²) in [5.41, 5.74) is 4.77. The molecule has 294 valence electrons. The molecule has 0 spiro atoms. The molecule has 0 saturated heterocycles. The molecule has 1 aliphatic rings. The van der Waals surface area contributed by atoms with Crippen LogP contribution in [-0.2, 0) is 38.5 Å². The number of nitrogens with one attached hydrogen (secondary N) is 2. The van der Waals surface area contributed by atoms with E-state index in [9.17, 15) is 29.4 Å². The van der Waals surface area contributed by atoms with Gasteiger partial charge in [0.15, 0.2) is 23.2 Å². The van der Waals surface area contributed by atoms with Crippen LogP contribution in [0.1, 0.15) is 17.5 Å². The number of anilines is 3. The number of aliphatic hydroxyl groups is 2. The summed E-state index contributed by atoms with van der Waals surface area (Å²) < 4.78 is 5.24. The number of amides is 3. The van der Waals surface area contributed by atoms with E-state index < -0.39 is 35.6 Å². The highest BCUT2D eigenvalue weighted by Crippen LogP contribution is 2.35. The van der Waals surface area contributed by atoms with Crippen molar-refractivity contribution < 1.29 is 19.8 Å². The molecule has 18 heteroatoms. The molecule has 0 radical (unpaired) electrons. The summed E-state index contributed by atoms with van der Waals surface area (Å²) >= 11 is 0. The van der Waals surface area contributed by atoms with E-state index in [0.717, 1.165) is 27.0 Å². The van der Waals surface area contributed by atoms with Gasteiger partial charge in [0, 0.05) is 62.2 Å². The van der Waals surface area contributed by atoms with Gasteiger partial charge in [-0.1, -0.05) is 30.3 Å². The Balaban J connectivity index is 0.922. The maximum Gasteiger partial charge on any atom is 0.332 e. The average molecular weight is 783 g/mol. The summed E-state index contributed by atoms with van der Waals surface area (Å²) in [4.78, 5) is 71.4. The zero-order chi connectivity index (χ0) is 40.7. The van der Waals surface area contributed by atoms with Gasteiger partial charge < -0.3 is 30.0 Å². The number of hydrogen-bond donors (Lipinski definition) is 4. The molecule has 7 aromatic rings. The molecule has 2 aromatic carbocycles. The summed E-state index contributed by atoms with van der Waals surface area (Å²) in [5, 5.41) is 28.4. The minimum absolute atomic E-state index is 0.0214. The van der Waals surface area contributed by atoms with Crippen LogP contribution in [0, 0.1) is 0 Å². The predicted molar refractivity (Wildman–Crippen MR) is 214 cm³/mol. The highest BCUT2D eigenvalue weighted by Gasteiger charge is 2.39. The first-order chi connectivity index (χ1) is 28.0. The lowest BCUT2D eigenvalue weighted by atomic mass is 10.1. The Kier molecular flexibility index (Phi) is 9.85. The van der Waals surface area contributed by atoms with Gasteiger partial charge in [0.25, 0.3) is 5.56 Å². The van der Waals surface area contributed by atoms with Gasteiger partial charge in [-0.05, 0) is 53.6 Å². The van der Waals surface area contributed by atoms with Crippen LogP contribution >= 0.6 is 0 Å². The number of imidazole rings is 2. The third-order valence-electron chi connectivity index (χ3n) is 9.98. The fraction of sp³-hybridized carbons (Fsp3) is 0.200. The monoisotopic (exact) mass is 782 g/mol. The maximum absolute atomic E-state index is 13.5. The molecule has 8 rings (SSSR count). The summed E-state index contributed by atoms with van der Waals surface area (Å²) in [6, 6.07) is 21.7. The third kappa shape index (κ3) is 7.08. The minimum atomic E-state index is -1.37. The fourth-order valence-electron chi connectivity index (χ4n) is 6.98. The fourth-order valence-corrected chi connectivity index (χ4v) is 6.98. The van der Waals surface area contributed by atoms with Crippen molar-refractivity contribution in [3.63, 3.8) is 0 Å². The van der Waals surface area contributed by atoms with Gasteiger partial charge in [0.1, 0.15) is 18.5 Å². The van der Waals surface area contributed by atoms with Gasteiger partial charge in [-0.15, -0.1) is 0 Å². The van der Waals surface area contributed by atoms with Crippen LogP contribution < -0.4 is 26.8 Å². The first-order valence-electron chi connectivity index (χ1n) is 18.2. The highest BCUT2D eigenvalue weighted by molar-refractivity contribution is 5.93. The second kappa shape index (κ2) is 15.2. The Hall–Kier alpha value is -7.44. The molecule has 0 aliphatic carbocycles. The van der Waals surface area contributed by atoms with Crippen molar-refractivity contribution in [1.29, 1.82) is 0 Å². The van der Waals surface area contributed by atoms with Crippen LogP contribution in [0.3, 0.4) is 0 Å². The minimum Gasteiger partial charge on any atom is -0.372 e. The number of hydrogen-bond acceptors (Lipinski definition) is 11. The van der Waals surface area contributed by atoms with Gasteiger partial charge in [-0.3, -0.25) is 38.5 Å². The van der Waals surface area contributed by atoms with Crippen molar-refractivity contribution in [3.05, 3.63) is 136 Å². The van der Waals surface area contributed by atoms with Crippen LogP contribution in [0.4, 0.5) is 22.0 Å². The molecular weight excluding hydrogens is 745 g/mol. The largest absolute Gasteiger partial charge is 0.372 e. The summed E-state index contributed by atoms with van der Waals surface area (Å²) in [6.45, 7) is -0.142. The van der Waals surface area contributed by atoms with Gasteiger partial charge in [0.05, 0.1) is 31.4 Å². The summed E-state index contributed by atoms with van der Waals surface area (Å²) in [6.07, 6.45) is 5.43. The number of carbonyl (C=O) groups is 2. The van der Waals surface area contributed by atoms with Crippen LogP contribution in [0.25, 0.3) is 33.5 Å². The zero-order valence-electron chi connectivity index (χ0n) is 31.6. The molecule has 58 heavy (non-hydrogen) atoms. The number of urea groups is 1. The van der Waals surface area contributed by atoms with E-state index in [2.05, 4.69) is 30.6 Å². The van der Waals surface area contributed by atoms with E-state index in [1.165, 1.54) is 45.7 Å². The van der Waals surface area contributed by atoms with Crippen LogP contribution in [0.5, 0.6) is 0 Å². The molecule has 1 aliphatic heterocycles. The van der Waals surface area contributed by atoms with E-state index in [1.54, 1.807) is 42.3 Å². The zero-order valence-corrected chi connectivity index (χ0v) is 31.6. The van der Waals surface area contributed by atoms with Crippen molar-refractivity contribution in [2.45, 2.75) is 32.1 Å². The Morgan fingerprint density at radius 1 is 0.828 bits per heavy atom. The molecule has 3 amide bonds. The number of carbonyl (C=O) groups excluding carboxylic acids is 2. The first kappa shape index (κ1) is 37.5. The van der Waals surface area contributed by atoms with E-state index in [4.69, 9.17) is 0 Å². The van der Waals surface area contributed by atoms with E-state index in [0.29, 0.717) is 22.6 Å². The predicted octanol–water partition coefficient (Wildman–Crippen LogP) is 2.89. The second-order valence-electron chi connectivity index (χ2n) is 13.9. The molecule has 0 bridgehead atoms. The number of aromatic nitrogens is 8. The number of fused-ring (bicyclic) bond motifs is 2. The van der Waals surface area contributed by atoms with Crippen molar-refractivity contribution in [2.75, 3.05) is 22.6 Å². The molecule has 5 aromatic heterocycles. The standard InChI is InChI=1S/C40H38N12O6/c1-47-35-33(37(55)49(3)39(47)57)50(22-43-35)20-31(53)45-28-11-7-25(8-12-28)27-16-24(17-41-18-27)19-52-38(56)34-36(48(2)40(52)58)44-23-51(34)21-32(54)46-29-13-9-26(10-14-29)30-6-4-5-15-42-30/h4-18,22-23,32,38,46,54,56H,19-21H2,1-3H3,(H,45,53). The molecule has 0 saturated carbocycles. The number of nitrogens with zero attached hydrogens (tertiary/aromatic N) is 10. The second-order valence-corrected chi connectivity index (χ2v) is 13.9. The SMILES string of the molecule is CN1C(=O)N(Cc2cncc(-c3ccc(NC(=O)Cn4cnc5c4c(=O)n(C)c(=O)n5C)cc3)c2)C(O)c2c1ncn2CC(O)Nc1ccc(-c2ccccn2)cc1.